The van der Waals surface area contributed by atoms with E-state index in [1.807, 2.05) is 4.90 Å². The maximum absolute atomic E-state index is 11.9. The number of carboxylic acid groups (broad SMARTS) is 1. The lowest BCUT2D eigenvalue weighted by Crippen LogP contribution is -2.56. The van der Waals surface area contributed by atoms with E-state index in [2.05, 4.69) is 4.90 Å². The number of carbonyl (C=O) groups is 2. The van der Waals surface area contributed by atoms with Crippen LogP contribution in [0.2, 0.25) is 0 Å². The molecule has 102 valence electrons. The molecule has 6 heteroatoms. The molecule has 0 radical (unpaired) electrons. The van der Waals surface area contributed by atoms with Gasteiger partial charge < -0.3 is 10.0 Å². The summed E-state index contributed by atoms with van der Waals surface area (Å²) in [4.78, 5) is 26.7. The zero-order valence-electron chi connectivity index (χ0n) is 10.5. The number of amides is 1. The highest BCUT2D eigenvalue weighted by Crippen LogP contribution is 2.21. The van der Waals surface area contributed by atoms with Gasteiger partial charge in [0.2, 0.25) is 5.91 Å². The number of hydrogen-bond acceptors (Lipinski definition) is 4. The van der Waals surface area contributed by atoms with Crippen LogP contribution in [0.4, 0.5) is 0 Å². The van der Waals surface area contributed by atoms with Gasteiger partial charge in [-0.2, -0.15) is 0 Å². The molecule has 0 spiro atoms. The molecule has 1 amide bonds. The Kier molecular flexibility index (Phi) is 4.88. The van der Waals surface area contributed by atoms with Gasteiger partial charge in [-0.25, -0.2) is 0 Å². The highest BCUT2D eigenvalue weighted by Gasteiger charge is 2.30. The van der Waals surface area contributed by atoms with Crippen LogP contribution in [0.1, 0.15) is 19.3 Å². The van der Waals surface area contributed by atoms with Crippen LogP contribution < -0.4 is 0 Å². The molecule has 2 heterocycles. The molecule has 5 nitrogen and oxygen atoms in total. The predicted molar refractivity (Wildman–Crippen MR) is 70.8 cm³/mol. The van der Waals surface area contributed by atoms with E-state index in [0.29, 0.717) is 11.8 Å². The number of carboxylic acids is 1. The Balaban J connectivity index is 1.75. The van der Waals surface area contributed by atoms with E-state index in [1.165, 1.54) is 37.6 Å². The number of fused-ring (bicyclic) bond motifs is 1. The van der Waals surface area contributed by atoms with Crippen LogP contribution in [0.5, 0.6) is 0 Å². The van der Waals surface area contributed by atoms with Gasteiger partial charge in [0.15, 0.2) is 0 Å². The molecule has 2 aliphatic heterocycles. The summed E-state index contributed by atoms with van der Waals surface area (Å²) >= 11 is 1.19. The monoisotopic (exact) mass is 272 g/mol. The second kappa shape index (κ2) is 6.43. The average Bonchev–Trinajstić information content (AvgIpc) is 2.37. The van der Waals surface area contributed by atoms with Crippen molar-refractivity contribution in [3.8, 4) is 0 Å². The van der Waals surface area contributed by atoms with Crippen molar-refractivity contribution in [2.24, 2.45) is 0 Å². The van der Waals surface area contributed by atoms with Gasteiger partial charge in [0.1, 0.15) is 0 Å². The Labute approximate surface area is 112 Å². The van der Waals surface area contributed by atoms with Gasteiger partial charge in [0.25, 0.3) is 0 Å². The molecule has 0 aliphatic carbocycles. The molecule has 0 aromatic carbocycles. The second-order valence-corrected chi connectivity index (χ2v) is 5.90. The fourth-order valence-corrected chi connectivity index (χ4v) is 3.33. The summed E-state index contributed by atoms with van der Waals surface area (Å²) in [6.45, 7) is 3.76. The molecule has 1 unspecified atom stereocenters. The van der Waals surface area contributed by atoms with Crippen molar-refractivity contribution in [3.05, 3.63) is 0 Å². The topological polar surface area (TPSA) is 60.9 Å². The first-order chi connectivity index (χ1) is 8.66. The van der Waals surface area contributed by atoms with Crippen molar-refractivity contribution in [1.29, 1.82) is 0 Å². The summed E-state index contributed by atoms with van der Waals surface area (Å²) in [5.74, 6) is -0.467. The first kappa shape index (κ1) is 13.7. The maximum Gasteiger partial charge on any atom is 0.313 e. The summed E-state index contributed by atoms with van der Waals surface area (Å²) in [7, 11) is 0. The molecule has 2 fully saturated rings. The SMILES string of the molecule is O=C(O)CSCC(=O)N1CCN2CCCCC2C1. The second-order valence-electron chi connectivity index (χ2n) is 4.91. The molecule has 0 bridgehead atoms. The van der Waals surface area contributed by atoms with Crippen LogP contribution >= 0.6 is 11.8 Å². The van der Waals surface area contributed by atoms with Gasteiger partial charge in [-0.05, 0) is 19.4 Å². The van der Waals surface area contributed by atoms with Crippen molar-refractivity contribution in [1.82, 2.24) is 9.80 Å². The van der Waals surface area contributed by atoms with Gasteiger partial charge in [-0.1, -0.05) is 6.42 Å². The number of aliphatic carboxylic acids is 1. The summed E-state index contributed by atoms with van der Waals surface area (Å²) < 4.78 is 0. The summed E-state index contributed by atoms with van der Waals surface area (Å²) in [5, 5.41) is 8.54. The molecule has 1 atom stereocenters. The smallest absolute Gasteiger partial charge is 0.313 e. The van der Waals surface area contributed by atoms with Crippen LogP contribution in [-0.2, 0) is 9.59 Å². The van der Waals surface area contributed by atoms with Crippen molar-refractivity contribution in [2.45, 2.75) is 25.3 Å². The Morgan fingerprint density at radius 1 is 1.17 bits per heavy atom. The van der Waals surface area contributed by atoms with E-state index in [-0.39, 0.29) is 11.7 Å². The van der Waals surface area contributed by atoms with Crippen LogP contribution in [0, 0.1) is 0 Å². The van der Waals surface area contributed by atoms with Crippen LogP contribution in [-0.4, -0.2) is 70.5 Å². The Hall–Kier alpha value is -0.750. The number of carbonyl (C=O) groups excluding carboxylic acids is 1. The number of rotatable bonds is 4. The maximum atomic E-state index is 11.9. The third-order valence-corrected chi connectivity index (χ3v) is 4.54. The first-order valence-electron chi connectivity index (χ1n) is 6.48. The first-order valence-corrected chi connectivity index (χ1v) is 7.63. The summed E-state index contributed by atoms with van der Waals surface area (Å²) in [5.41, 5.74) is 0. The van der Waals surface area contributed by atoms with E-state index in [0.717, 1.165) is 19.6 Å². The van der Waals surface area contributed by atoms with Gasteiger partial charge in [-0.3, -0.25) is 14.5 Å². The fraction of sp³-hybridized carbons (Fsp3) is 0.833. The Bertz CT molecular complexity index is 324. The number of nitrogens with zero attached hydrogens (tertiary/aromatic N) is 2. The minimum Gasteiger partial charge on any atom is -0.481 e. The van der Waals surface area contributed by atoms with Crippen molar-refractivity contribution in [3.63, 3.8) is 0 Å². The number of thioether (sulfide) groups is 1. The van der Waals surface area contributed by atoms with Gasteiger partial charge >= 0.3 is 5.97 Å². The minimum absolute atomic E-state index is 0.00906. The molecule has 2 aliphatic rings. The number of piperidine rings is 1. The van der Waals surface area contributed by atoms with Gasteiger partial charge in [0.05, 0.1) is 11.5 Å². The molecule has 1 N–H and O–H groups in total. The summed E-state index contributed by atoms with van der Waals surface area (Å²) in [6, 6.07) is 0.529. The zero-order valence-corrected chi connectivity index (χ0v) is 11.3. The van der Waals surface area contributed by atoms with Crippen molar-refractivity contribution in [2.75, 3.05) is 37.7 Å². The Morgan fingerprint density at radius 2 is 2.00 bits per heavy atom. The lowest BCUT2D eigenvalue weighted by molar-refractivity contribution is -0.133. The van der Waals surface area contributed by atoms with Crippen molar-refractivity contribution < 1.29 is 14.7 Å². The van der Waals surface area contributed by atoms with E-state index < -0.39 is 5.97 Å². The molecule has 2 rings (SSSR count). The Morgan fingerprint density at radius 3 is 2.78 bits per heavy atom. The minimum atomic E-state index is -0.857. The normalized spacial score (nSPS) is 24.7. The van der Waals surface area contributed by atoms with Gasteiger partial charge in [0, 0.05) is 25.7 Å². The third-order valence-electron chi connectivity index (χ3n) is 3.64. The van der Waals surface area contributed by atoms with Crippen LogP contribution in [0.3, 0.4) is 0 Å². The molecule has 2 saturated heterocycles. The number of piperazine rings is 1. The van der Waals surface area contributed by atoms with E-state index >= 15 is 0 Å². The number of hydrogen-bond donors (Lipinski definition) is 1. The molecule has 18 heavy (non-hydrogen) atoms. The van der Waals surface area contributed by atoms with E-state index in [1.54, 1.807) is 0 Å². The largest absolute Gasteiger partial charge is 0.481 e. The molecule has 0 aromatic rings. The average molecular weight is 272 g/mol. The lowest BCUT2D eigenvalue weighted by Gasteiger charge is -2.44. The quantitative estimate of drug-likeness (QED) is 0.807. The van der Waals surface area contributed by atoms with E-state index in [4.69, 9.17) is 5.11 Å². The predicted octanol–water partition coefficient (Wildman–Crippen LogP) is 0.501. The zero-order chi connectivity index (χ0) is 13.0. The van der Waals surface area contributed by atoms with Crippen molar-refractivity contribution >= 4 is 23.6 Å². The van der Waals surface area contributed by atoms with Crippen LogP contribution in [0.15, 0.2) is 0 Å². The molecule has 0 saturated carbocycles. The van der Waals surface area contributed by atoms with Gasteiger partial charge in [-0.15, -0.1) is 11.8 Å². The lowest BCUT2D eigenvalue weighted by atomic mass is 9.99. The highest BCUT2D eigenvalue weighted by atomic mass is 32.2. The molecule has 0 aromatic heterocycles. The third kappa shape index (κ3) is 3.62. The van der Waals surface area contributed by atoms with Crippen LogP contribution in [0.25, 0.3) is 0 Å². The fourth-order valence-electron chi connectivity index (χ4n) is 2.70. The summed E-state index contributed by atoms with van der Waals surface area (Å²) in [6.07, 6.45) is 3.72. The highest BCUT2D eigenvalue weighted by molar-refractivity contribution is 8.00. The molecular formula is C12H20N2O3S. The molecular weight excluding hydrogens is 252 g/mol. The standard InChI is InChI=1S/C12H20N2O3S/c15-11(8-18-9-12(16)17)14-6-5-13-4-2-1-3-10(13)7-14/h10H,1-9H2,(H,16,17). The van der Waals surface area contributed by atoms with E-state index in [9.17, 15) is 9.59 Å².